The van der Waals surface area contributed by atoms with Gasteiger partial charge in [0.2, 0.25) is 11.8 Å². The van der Waals surface area contributed by atoms with Crippen LogP contribution in [0.5, 0.6) is 0 Å². The number of amides is 1. The van der Waals surface area contributed by atoms with Crippen molar-refractivity contribution in [3.63, 3.8) is 0 Å². The van der Waals surface area contributed by atoms with Crippen LogP contribution in [0.15, 0.2) is 4.52 Å². The van der Waals surface area contributed by atoms with E-state index in [1.165, 1.54) is 0 Å². The number of fused-ring (bicyclic) bond motifs is 1. The van der Waals surface area contributed by atoms with Crippen molar-refractivity contribution in [2.75, 3.05) is 33.2 Å². The second-order valence-electron chi connectivity index (χ2n) is 8.17. The van der Waals surface area contributed by atoms with Crippen LogP contribution >= 0.6 is 0 Å². The molecular weight excluding hydrogens is 292 g/mol. The summed E-state index contributed by atoms with van der Waals surface area (Å²) in [7, 11) is 2.14. The summed E-state index contributed by atoms with van der Waals surface area (Å²) in [6.45, 7) is 11.4. The number of carbonyl (C=O) groups excluding carboxylic acids is 1. The zero-order valence-corrected chi connectivity index (χ0v) is 14.9. The molecule has 0 aliphatic carbocycles. The number of aromatic nitrogens is 2. The molecule has 0 bridgehead atoms. The first-order valence-electron chi connectivity index (χ1n) is 8.57. The van der Waals surface area contributed by atoms with Crippen molar-refractivity contribution < 1.29 is 9.32 Å². The number of aryl methyl sites for hydroxylation is 1. The molecule has 0 unspecified atom stereocenters. The van der Waals surface area contributed by atoms with Gasteiger partial charge in [0.25, 0.3) is 0 Å². The van der Waals surface area contributed by atoms with E-state index in [2.05, 4.69) is 22.1 Å². The first-order chi connectivity index (χ1) is 10.8. The molecule has 0 spiro atoms. The maximum atomic E-state index is 12.8. The van der Waals surface area contributed by atoms with E-state index >= 15 is 0 Å². The van der Waals surface area contributed by atoms with E-state index in [1.807, 2.05) is 32.6 Å². The fraction of sp³-hybridized carbons (Fsp3) is 0.824. The molecule has 2 fully saturated rings. The zero-order valence-electron chi connectivity index (χ0n) is 14.9. The molecular formula is C17H28N4O2. The van der Waals surface area contributed by atoms with Gasteiger partial charge in [-0.05, 0) is 20.0 Å². The molecule has 2 saturated heterocycles. The molecule has 1 aromatic rings. The minimum atomic E-state index is -0.357. The number of piperidine rings is 1. The lowest BCUT2D eigenvalue weighted by Crippen LogP contribution is -2.48. The highest BCUT2D eigenvalue weighted by Gasteiger charge is 2.55. The Bertz CT molecular complexity index is 592. The lowest BCUT2D eigenvalue weighted by Gasteiger charge is -2.39. The summed E-state index contributed by atoms with van der Waals surface area (Å²) in [5, 5.41) is 4.10. The normalized spacial score (nSPS) is 28.9. The van der Waals surface area contributed by atoms with Crippen molar-refractivity contribution in [1.29, 1.82) is 0 Å². The lowest BCUT2D eigenvalue weighted by molar-refractivity contribution is -0.138. The number of nitrogens with zero attached hydrogens (tertiary/aromatic N) is 4. The highest BCUT2D eigenvalue weighted by Crippen LogP contribution is 2.45. The van der Waals surface area contributed by atoms with Crippen LogP contribution < -0.4 is 0 Å². The van der Waals surface area contributed by atoms with Gasteiger partial charge < -0.3 is 14.3 Å². The van der Waals surface area contributed by atoms with Crippen LogP contribution in [-0.2, 0) is 16.6 Å². The molecule has 0 saturated carbocycles. The molecule has 128 valence electrons. The third-order valence-electron chi connectivity index (χ3n) is 5.31. The predicted molar refractivity (Wildman–Crippen MR) is 87.0 cm³/mol. The Morgan fingerprint density at radius 1 is 1.39 bits per heavy atom. The molecule has 0 N–H and O–H groups in total. The molecule has 2 aliphatic heterocycles. The van der Waals surface area contributed by atoms with Gasteiger partial charge in [-0.25, -0.2) is 0 Å². The molecule has 6 heteroatoms. The molecule has 0 radical (unpaired) electrons. The molecule has 3 rings (SSSR count). The molecule has 0 aromatic carbocycles. The highest BCUT2D eigenvalue weighted by molar-refractivity contribution is 5.82. The summed E-state index contributed by atoms with van der Waals surface area (Å²) in [6, 6.07) is 0. The standard InChI is InChI=1S/C17H28N4O2/c1-6-13-18-14(23-19-13)17-7-8-20(5)9-12(17)10-21(11-17)15(22)16(2,3)4/h12H,6-11H2,1-5H3/t12-,17-/m1/s1. The molecule has 1 amide bonds. The van der Waals surface area contributed by atoms with Crippen molar-refractivity contribution in [1.82, 2.24) is 19.9 Å². The van der Waals surface area contributed by atoms with Gasteiger partial charge in [-0.2, -0.15) is 4.98 Å². The van der Waals surface area contributed by atoms with Crippen LogP contribution in [0.1, 0.15) is 45.8 Å². The summed E-state index contributed by atoms with van der Waals surface area (Å²) in [6.07, 6.45) is 1.74. The average molecular weight is 320 g/mol. The summed E-state index contributed by atoms with van der Waals surface area (Å²) in [5.41, 5.74) is -0.530. The lowest BCUT2D eigenvalue weighted by atomic mass is 9.72. The largest absolute Gasteiger partial charge is 0.341 e. The van der Waals surface area contributed by atoms with Gasteiger partial charge in [-0.15, -0.1) is 0 Å². The fourth-order valence-corrected chi connectivity index (χ4v) is 3.93. The van der Waals surface area contributed by atoms with Gasteiger partial charge in [0.1, 0.15) is 0 Å². The van der Waals surface area contributed by atoms with Gasteiger partial charge in [-0.1, -0.05) is 32.9 Å². The quantitative estimate of drug-likeness (QED) is 0.830. The first kappa shape index (κ1) is 16.4. The topological polar surface area (TPSA) is 62.5 Å². The summed E-state index contributed by atoms with van der Waals surface area (Å²) < 4.78 is 5.63. The van der Waals surface area contributed by atoms with E-state index in [0.717, 1.165) is 44.2 Å². The minimum absolute atomic E-state index is 0.173. The Morgan fingerprint density at radius 2 is 2.13 bits per heavy atom. The molecule has 6 nitrogen and oxygen atoms in total. The van der Waals surface area contributed by atoms with Gasteiger partial charge in [0.05, 0.1) is 5.41 Å². The first-order valence-corrected chi connectivity index (χ1v) is 8.57. The summed E-state index contributed by atoms with van der Waals surface area (Å²) in [5.74, 6) is 2.06. The second kappa shape index (κ2) is 5.58. The maximum absolute atomic E-state index is 12.8. The molecule has 1 aromatic heterocycles. The third-order valence-corrected chi connectivity index (χ3v) is 5.31. The van der Waals surface area contributed by atoms with Crippen LogP contribution in [0.3, 0.4) is 0 Å². The Kier molecular flexibility index (Phi) is 3.99. The van der Waals surface area contributed by atoms with E-state index in [4.69, 9.17) is 4.52 Å². The Morgan fingerprint density at radius 3 is 2.74 bits per heavy atom. The van der Waals surface area contributed by atoms with E-state index in [0.29, 0.717) is 12.5 Å². The van der Waals surface area contributed by atoms with Crippen LogP contribution in [0.4, 0.5) is 0 Å². The molecule has 2 atom stereocenters. The van der Waals surface area contributed by atoms with Gasteiger partial charge in [0, 0.05) is 37.4 Å². The van der Waals surface area contributed by atoms with E-state index in [-0.39, 0.29) is 16.7 Å². The van der Waals surface area contributed by atoms with Crippen molar-refractivity contribution in [2.24, 2.45) is 11.3 Å². The maximum Gasteiger partial charge on any atom is 0.235 e. The number of likely N-dealkylation sites (tertiary alicyclic amines) is 2. The summed E-state index contributed by atoms with van der Waals surface area (Å²) >= 11 is 0. The van der Waals surface area contributed by atoms with Crippen LogP contribution in [0.2, 0.25) is 0 Å². The Hall–Kier alpha value is -1.43. The van der Waals surface area contributed by atoms with Crippen LogP contribution in [-0.4, -0.2) is 59.1 Å². The number of carbonyl (C=O) groups is 1. The number of hydrogen-bond acceptors (Lipinski definition) is 5. The van der Waals surface area contributed by atoms with E-state index in [9.17, 15) is 4.79 Å². The predicted octanol–water partition coefficient (Wildman–Crippen LogP) is 1.71. The summed E-state index contributed by atoms with van der Waals surface area (Å²) in [4.78, 5) is 21.8. The van der Waals surface area contributed by atoms with Crippen LogP contribution in [0.25, 0.3) is 0 Å². The number of rotatable bonds is 2. The van der Waals surface area contributed by atoms with Crippen molar-refractivity contribution >= 4 is 5.91 Å². The van der Waals surface area contributed by atoms with Crippen molar-refractivity contribution in [2.45, 2.75) is 46.0 Å². The molecule has 3 heterocycles. The van der Waals surface area contributed by atoms with Crippen LogP contribution in [0, 0.1) is 11.3 Å². The smallest absolute Gasteiger partial charge is 0.235 e. The molecule has 2 aliphatic rings. The van der Waals surface area contributed by atoms with Crippen molar-refractivity contribution in [3.8, 4) is 0 Å². The van der Waals surface area contributed by atoms with Gasteiger partial charge >= 0.3 is 0 Å². The third kappa shape index (κ3) is 2.77. The van der Waals surface area contributed by atoms with Gasteiger partial charge in [0.15, 0.2) is 5.82 Å². The number of hydrogen-bond donors (Lipinski definition) is 0. The molecule has 23 heavy (non-hydrogen) atoms. The highest BCUT2D eigenvalue weighted by atomic mass is 16.5. The van der Waals surface area contributed by atoms with Crippen molar-refractivity contribution in [3.05, 3.63) is 11.7 Å². The minimum Gasteiger partial charge on any atom is -0.341 e. The average Bonchev–Trinajstić information content (AvgIpc) is 3.09. The fourth-order valence-electron chi connectivity index (χ4n) is 3.93. The van der Waals surface area contributed by atoms with E-state index in [1.54, 1.807) is 0 Å². The monoisotopic (exact) mass is 320 g/mol. The van der Waals surface area contributed by atoms with E-state index < -0.39 is 0 Å². The second-order valence-corrected chi connectivity index (χ2v) is 8.17. The van der Waals surface area contributed by atoms with Gasteiger partial charge in [-0.3, -0.25) is 4.79 Å². The Balaban J connectivity index is 1.93. The zero-order chi connectivity index (χ0) is 16.8. The SMILES string of the molecule is CCc1noc([C@@]23CCN(C)C[C@@H]2CN(C(=O)C(C)(C)C)C3)n1. The Labute approximate surface area is 138 Å².